The van der Waals surface area contributed by atoms with Crippen LogP contribution in [0.2, 0.25) is 0 Å². The lowest BCUT2D eigenvalue weighted by molar-refractivity contribution is -0.117. The van der Waals surface area contributed by atoms with Crippen molar-refractivity contribution in [2.24, 2.45) is 5.73 Å². The van der Waals surface area contributed by atoms with Gasteiger partial charge in [0, 0.05) is 31.4 Å². The number of nitrogens with two attached hydrogens (primary N) is 1. The standard InChI is InChI=1S/C10H18N4O/c1-8(12-6-4-10(11)15)9(2)14-7-3-5-13-14/h3,5,7-9,12H,4,6H2,1-2H3,(H2,11,15)/t8-,9+/m0/s1. The van der Waals surface area contributed by atoms with Crippen LogP contribution in [0.4, 0.5) is 0 Å². The third-order valence-electron chi connectivity index (χ3n) is 2.50. The van der Waals surface area contributed by atoms with E-state index in [2.05, 4.69) is 24.3 Å². The van der Waals surface area contributed by atoms with Gasteiger partial charge >= 0.3 is 0 Å². The minimum Gasteiger partial charge on any atom is -0.370 e. The molecule has 3 N–H and O–H groups in total. The Morgan fingerprint density at radius 1 is 1.60 bits per heavy atom. The van der Waals surface area contributed by atoms with Crippen LogP contribution in [0.5, 0.6) is 0 Å². The summed E-state index contributed by atoms with van der Waals surface area (Å²) < 4.78 is 1.89. The number of nitrogens with zero attached hydrogens (tertiary/aromatic N) is 2. The maximum Gasteiger partial charge on any atom is 0.218 e. The molecule has 0 bridgehead atoms. The largest absolute Gasteiger partial charge is 0.370 e. The lowest BCUT2D eigenvalue weighted by atomic mass is 10.1. The number of aromatic nitrogens is 2. The first-order chi connectivity index (χ1) is 7.11. The van der Waals surface area contributed by atoms with Gasteiger partial charge in [0.2, 0.25) is 5.91 Å². The third-order valence-corrected chi connectivity index (χ3v) is 2.50. The predicted molar refractivity (Wildman–Crippen MR) is 58.2 cm³/mol. The molecular weight excluding hydrogens is 192 g/mol. The minimum atomic E-state index is -0.276. The predicted octanol–water partition coefficient (Wildman–Crippen LogP) is 0.298. The highest BCUT2D eigenvalue weighted by Gasteiger charge is 2.13. The first-order valence-electron chi connectivity index (χ1n) is 5.12. The van der Waals surface area contributed by atoms with Gasteiger partial charge in [0.05, 0.1) is 6.04 Å². The number of carbonyl (C=O) groups excluding carboxylic acids is 1. The summed E-state index contributed by atoms with van der Waals surface area (Å²) in [5.41, 5.74) is 5.05. The molecule has 0 saturated carbocycles. The molecule has 0 unspecified atom stereocenters. The fraction of sp³-hybridized carbons (Fsp3) is 0.600. The molecule has 0 radical (unpaired) electrons. The van der Waals surface area contributed by atoms with Crippen LogP contribution in [0.1, 0.15) is 26.3 Å². The zero-order chi connectivity index (χ0) is 11.3. The molecule has 2 atom stereocenters. The van der Waals surface area contributed by atoms with E-state index in [1.54, 1.807) is 6.20 Å². The summed E-state index contributed by atoms with van der Waals surface area (Å²) in [6.45, 7) is 4.75. The van der Waals surface area contributed by atoms with Crippen LogP contribution in [0, 0.1) is 0 Å². The first-order valence-corrected chi connectivity index (χ1v) is 5.12. The highest BCUT2D eigenvalue weighted by atomic mass is 16.1. The van der Waals surface area contributed by atoms with Gasteiger partial charge in [-0.05, 0) is 19.9 Å². The second kappa shape index (κ2) is 5.50. The number of nitrogens with one attached hydrogen (secondary N) is 1. The van der Waals surface area contributed by atoms with Gasteiger partial charge in [0.1, 0.15) is 0 Å². The molecule has 1 aromatic heterocycles. The van der Waals surface area contributed by atoms with E-state index in [9.17, 15) is 4.79 Å². The Morgan fingerprint density at radius 3 is 2.87 bits per heavy atom. The topological polar surface area (TPSA) is 72.9 Å². The lowest BCUT2D eigenvalue weighted by Gasteiger charge is -2.21. The van der Waals surface area contributed by atoms with Crippen LogP contribution in [0.25, 0.3) is 0 Å². The fourth-order valence-electron chi connectivity index (χ4n) is 1.34. The van der Waals surface area contributed by atoms with Crippen molar-refractivity contribution in [3.8, 4) is 0 Å². The molecule has 0 aliphatic rings. The van der Waals surface area contributed by atoms with Crippen molar-refractivity contribution in [3.05, 3.63) is 18.5 Å². The Hall–Kier alpha value is -1.36. The molecule has 1 heterocycles. The van der Waals surface area contributed by atoms with Crippen molar-refractivity contribution in [2.75, 3.05) is 6.54 Å². The summed E-state index contributed by atoms with van der Waals surface area (Å²) in [4.78, 5) is 10.5. The molecule has 0 aromatic carbocycles. The maximum atomic E-state index is 10.5. The molecule has 0 saturated heterocycles. The average Bonchev–Trinajstić information content (AvgIpc) is 2.68. The van der Waals surface area contributed by atoms with E-state index in [0.717, 1.165) is 0 Å². The third kappa shape index (κ3) is 3.71. The van der Waals surface area contributed by atoms with Gasteiger partial charge in [-0.1, -0.05) is 0 Å². The quantitative estimate of drug-likeness (QED) is 0.709. The zero-order valence-corrected chi connectivity index (χ0v) is 9.18. The van der Waals surface area contributed by atoms with Gasteiger partial charge in [-0.25, -0.2) is 0 Å². The Morgan fingerprint density at radius 2 is 2.33 bits per heavy atom. The normalized spacial score (nSPS) is 14.8. The molecule has 84 valence electrons. The molecule has 0 fully saturated rings. The van der Waals surface area contributed by atoms with Crippen LogP contribution in [-0.4, -0.2) is 28.3 Å². The minimum absolute atomic E-state index is 0.254. The van der Waals surface area contributed by atoms with Gasteiger partial charge in [0.15, 0.2) is 0 Å². The van der Waals surface area contributed by atoms with E-state index in [1.807, 2.05) is 16.9 Å². The van der Waals surface area contributed by atoms with E-state index in [0.29, 0.717) is 13.0 Å². The number of primary amides is 1. The Labute approximate surface area is 89.6 Å². The van der Waals surface area contributed by atoms with Crippen molar-refractivity contribution in [1.29, 1.82) is 0 Å². The highest BCUT2D eigenvalue weighted by Crippen LogP contribution is 2.08. The second-order valence-electron chi connectivity index (χ2n) is 3.69. The molecular formula is C10H18N4O. The summed E-state index contributed by atoms with van der Waals surface area (Å²) >= 11 is 0. The molecule has 5 nitrogen and oxygen atoms in total. The van der Waals surface area contributed by atoms with Crippen molar-refractivity contribution in [1.82, 2.24) is 15.1 Å². The molecule has 15 heavy (non-hydrogen) atoms. The summed E-state index contributed by atoms with van der Waals surface area (Å²) in [6.07, 6.45) is 4.06. The van der Waals surface area contributed by atoms with E-state index in [4.69, 9.17) is 5.73 Å². The lowest BCUT2D eigenvalue weighted by Crippen LogP contribution is -2.35. The van der Waals surface area contributed by atoms with Crippen LogP contribution in [0.15, 0.2) is 18.5 Å². The van der Waals surface area contributed by atoms with Crippen LogP contribution in [0.3, 0.4) is 0 Å². The van der Waals surface area contributed by atoms with E-state index in [1.165, 1.54) is 0 Å². The van der Waals surface area contributed by atoms with Crippen molar-refractivity contribution >= 4 is 5.91 Å². The molecule has 5 heteroatoms. The van der Waals surface area contributed by atoms with Crippen molar-refractivity contribution in [2.45, 2.75) is 32.4 Å². The number of hydrogen-bond acceptors (Lipinski definition) is 3. The van der Waals surface area contributed by atoms with Gasteiger partial charge in [-0.15, -0.1) is 0 Å². The van der Waals surface area contributed by atoms with Crippen LogP contribution >= 0.6 is 0 Å². The van der Waals surface area contributed by atoms with Crippen molar-refractivity contribution < 1.29 is 4.79 Å². The average molecular weight is 210 g/mol. The maximum absolute atomic E-state index is 10.5. The smallest absolute Gasteiger partial charge is 0.218 e. The SMILES string of the molecule is C[C@H](NCCC(N)=O)[C@@H](C)n1cccn1. The van der Waals surface area contributed by atoms with Crippen LogP contribution in [-0.2, 0) is 4.79 Å². The summed E-state index contributed by atoms with van der Waals surface area (Å²) in [6, 6.07) is 2.41. The molecule has 0 aliphatic carbocycles. The van der Waals surface area contributed by atoms with Gasteiger partial charge in [-0.3, -0.25) is 9.48 Å². The number of amides is 1. The fourth-order valence-corrected chi connectivity index (χ4v) is 1.34. The van der Waals surface area contributed by atoms with Crippen molar-refractivity contribution in [3.63, 3.8) is 0 Å². The zero-order valence-electron chi connectivity index (χ0n) is 9.18. The molecule has 0 aliphatic heterocycles. The highest BCUT2D eigenvalue weighted by molar-refractivity contribution is 5.73. The van der Waals surface area contributed by atoms with E-state index < -0.39 is 0 Å². The van der Waals surface area contributed by atoms with Gasteiger partial charge in [-0.2, -0.15) is 5.10 Å². The molecule has 1 aromatic rings. The Balaban J connectivity index is 2.33. The van der Waals surface area contributed by atoms with Gasteiger partial charge < -0.3 is 11.1 Å². The molecule has 1 amide bonds. The Kier molecular flexibility index (Phi) is 4.30. The van der Waals surface area contributed by atoms with Gasteiger partial charge in [0.25, 0.3) is 0 Å². The van der Waals surface area contributed by atoms with Crippen LogP contribution < -0.4 is 11.1 Å². The number of hydrogen-bond donors (Lipinski definition) is 2. The Bertz CT molecular complexity index is 296. The first kappa shape index (κ1) is 11.7. The van der Waals surface area contributed by atoms with E-state index >= 15 is 0 Å². The summed E-state index contributed by atoms with van der Waals surface area (Å²) in [7, 11) is 0. The summed E-state index contributed by atoms with van der Waals surface area (Å²) in [5, 5.41) is 7.41. The molecule has 1 rings (SSSR count). The molecule has 0 spiro atoms. The number of carbonyl (C=O) groups is 1. The second-order valence-corrected chi connectivity index (χ2v) is 3.69. The summed E-state index contributed by atoms with van der Waals surface area (Å²) in [5.74, 6) is -0.276. The van der Waals surface area contributed by atoms with E-state index in [-0.39, 0.29) is 18.0 Å². The number of rotatable bonds is 6. The monoisotopic (exact) mass is 210 g/mol.